The van der Waals surface area contributed by atoms with Crippen LogP contribution in [0.15, 0.2) is 18.2 Å². The minimum atomic E-state index is -0.743. The molecule has 2 aromatic heterocycles. The number of benzene rings is 1. The average Bonchev–Trinajstić information content (AvgIpc) is 3.13. The standard InChI is InChI=1S/C17H21FN6O/c1-9-15(10(2)24-23-9)16(19)17(25)20-7-3-4-14-21-12-6-5-11(18)8-13(12)22-14/h5-6,8,16H,3-4,7,19H2,1-2H3,(H,20,25)(H,21,22)(H,23,24)/t16-/m1/s1. The maximum Gasteiger partial charge on any atom is 0.241 e. The molecule has 3 aromatic rings. The van der Waals surface area contributed by atoms with E-state index in [1.165, 1.54) is 12.1 Å². The summed E-state index contributed by atoms with van der Waals surface area (Å²) in [6.45, 7) is 4.14. The van der Waals surface area contributed by atoms with Crippen LogP contribution in [0.5, 0.6) is 0 Å². The summed E-state index contributed by atoms with van der Waals surface area (Å²) >= 11 is 0. The first-order valence-corrected chi connectivity index (χ1v) is 8.14. The van der Waals surface area contributed by atoms with Crippen LogP contribution in [0.1, 0.15) is 35.2 Å². The molecule has 0 spiro atoms. The second-order valence-corrected chi connectivity index (χ2v) is 6.06. The van der Waals surface area contributed by atoms with Gasteiger partial charge in [-0.25, -0.2) is 9.37 Å². The smallest absolute Gasteiger partial charge is 0.241 e. The predicted molar refractivity (Wildman–Crippen MR) is 92.4 cm³/mol. The van der Waals surface area contributed by atoms with Crippen molar-refractivity contribution in [1.82, 2.24) is 25.5 Å². The first kappa shape index (κ1) is 17.1. The number of nitrogens with one attached hydrogen (secondary N) is 3. The van der Waals surface area contributed by atoms with Gasteiger partial charge >= 0.3 is 0 Å². The maximum atomic E-state index is 13.2. The van der Waals surface area contributed by atoms with E-state index in [0.29, 0.717) is 24.9 Å². The summed E-state index contributed by atoms with van der Waals surface area (Å²) in [5.74, 6) is 0.230. The Balaban J connectivity index is 1.51. The number of carbonyl (C=O) groups excluding carboxylic acids is 1. The maximum absolute atomic E-state index is 13.2. The lowest BCUT2D eigenvalue weighted by molar-refractivity contribution is -0.122. The van der Waals surface area contributed by atoms with Gasteiger partial charge < -0.3 is 16.0 Å². The number of carbonyl (C=O) groups is 1. The van der Waals surface area contributed by atoms with E-state index < -0.39 is 6.04 Å². The minimum absolute atomic E-state index is 0.237. The molecule has 0 aliphatic rings. The van der Waals surface area contributed by atoms with Crippen LogP contribution in [-0.2, 0) is 11.2 Å². The van der Waals surface area contributed by atoms with Gasteiger partial charge in [-0.05, 0) is 38.5 Å². The van der Waals surface area contributed by atoms with E-state index in [-0.39, 0.29) is 11.7 Å². The zero-order valence-corrected chi connectivity index (χ0v) is 14.2. The topological polar surface area (TPSA) is 112 Å². The predicted octanol–water partition coefficient (Wildman–Crippen LogP) is 1.79. The molecule has 7 nitrogen and oxygen atoms in total. The van der Waals surface area contributed by atoms with Crippen LogP contribution in [0.25, 0.3) is 11.0 Å². The van der Waals surface area contributed by atoms with Gasteiger partial charge in [-0.3, -0.25) is 9.89 Å². The molecule has 5 N–H and O–H groups in total. The Labute approximate surface area is 144 Å². The molecule has 0 bridgehead atoms. The van der Waals surface area contributed by atoms with Crippen molar-refractivity contribution in [3.05, 3.63) is 46.8 Å². The van der Waals surface area contributed by atoms with Crippen LogP contribution in [0.4, 0.5) is 4.39 Å². The third kappa shape index (κ3) is 3.69. The Morgan fingerprint density at radius 1 is 1.40 bits per heavy atom. The molecule has 2 heterocycles. The third-order valence-corrected chi connectivity index (χ3v) is 4.16. The molecular weight excluding hydrogens is 323 g/mol. The van der Waals surface area contributed by atoms with Gasteiger partial charge in [0, 0.05) is 24.2 Å². The highest BCUT2D eigenvalue weighted by Crippen LogP contribution is 2.17. The Hall–Kier alpha value is -2.74. The van der Waals surface area contributed by atoms with Gasteiger partial charge in [0.05, 0.1) is 16.7 Å². The highest BCUT2D eigenvalue weighted by atomic mass is 19.1. The fraction of sp³-hybridized carbons (Fsp3) is 0.353. The molecule has 0 radical (unpaired) electrons. The Morgan fingerprint density at radius 2 is 2.20 bits per heavy atom. The molecule has 132 valence electrons. The second-order valence-electron chi connectivity index (χ2n) is 6.06. The van der Waals surface area contributed by atoms with Crippen molar-refractivity contribution in [2.45, 2.75) is 32.7 Å². The molecule has 0 unspecified atom stereocenters. The second kappa shape index (κ2) is 7.02. The van der Waals surface area contributed by atoms with E-state index in [9.17, 15) is 9.18 Å². The van der Waals surface area contributed by atoms with E-state index in [1.54, 1.807) is 6.07 Å². The van der Waals surface area contributed by atoms with E-state index in [4.69, 9.17) is 5.73 Å². The van der Waals surface area contributed by atoms with E-state index in [1.807, 2.05) is 13.8 Å². The zero-order chi connectivity index (χ0) is 18.0. The summed E-state index contributed by atoms with van der Waals surface area (Å²) in [5.41, 5.74) is 9.69. The van der Waals surface area contributed by atoms with Crippen molar-refractivity contribution in [2.75, 3.05) is 6.54 Å². The van der Waals surface area contributed by atoms with Crippen molar-refractivity contribution >= 4 is 16.9 Å². The lowest BCUT2D eigenvalue weighted by Crippen LogP contribution is -2.35. The number of hydrogen-bond acceptors (Lipinski definition) is 4. The molecule has 0 saturated carbocycles. The molecule has 1 atom stereocenters. The summed E-state index contributed by atoms with van der Waals surface area (Å²) in [6.07, 6.45) is 1.35. The number of nitrogens with two attached hydrogens (primary N) is 1. The number of amides is 1. The zero-order valence-electron chi connectivity index (χ0n) is 14.2. The van der Waals surface area contributed by atoms with Crippen molar-refractivity contribution in [3.8, 4) is 0 Å². The van der Waals surface area contributed by atoms with E-state index in [0.717, 1.165) is 28.3 Å². The van der Waals surface area contributed by atoms with Crippen molar-refractivity contribution in [3.63, 3.8) is 0 Å². The molecule has 8 heteroatoms. The van der Waals surface area contributed by atoms with Gasteiger partial charge in [0.15, 0.2) is 0 Å². The van der Waals surface area contributed by atoms with E-state index >= 15 is 0 Å². The number of imidazole rings is 1. The van der Waals surface area contributed by atoms with Crippen LogP contribution in [0, 0.1) is 19.7 Å². The number of fused-ring (bicyclic) bond motifs is 1. The highest BCUT2D eigenvalue weighted by molar-refractivity contribution is 5.83. The number of nitrogens with zero attached hydrogens (tertiary/aromatic N) is 2. The van der Waals surface area contributed by atoms with Crippen molar-refractivity contribution in [1.29, 1.82) is 0 Å². The van der Waals surface area contributed by atoms with Gasteiger partial charge in [-0.2, -0.15) is 5.10 Å². The van der Waals surface area contributed by atoms with Gasteiger partial charge in [0.2, 0.25) is 5.91 Å². The molecule has 3 rings (SSSR count). The summed E-state index contributed by atoms with van der Waals surface area (Å²) in [5, 5.41) is 9.72. The monoisotopic (exact) mass is 344 g/mol. The number of aromatic amines is 2. The molecule has 0 fully saturated rings. The summed E-state index contributed by atoms with van der Waals surface area (Å²) in [4.78, 5) is 19.7. The number of rotatable bonds is 6. The first-order chi connectivity index (χ1) is 12.0. The molecule has 1 amide bonds. The normalized spacial score (nSPS) is 12.5. The van der Waals surface area contributed by atoms with Crippen molar-refractivity contribution in [2.24, 2.45) is 5.73 Å². The van der Waals surface area contributed by atoms with Gasteiger partial charge in [0.1, 0.15) is 17.7 Å². The average molecular weight is 344 g/mol. The minimum Gasteiger partial charge on any atom is -0.354 e. The SMILES string of the molecule is Cc1n[nH]c(C)c1[C@@H](N)C(=O)NCCCc1nc2ccc(F)cc2[nH]1. The number of hydrogen-bond donors (Lipinski definition) is 4. The van der Waals surface area contributed by atoms with Gasteiger partial charge in [-0.1, -0.05) is 0 Å². The lowest BCUT2D eigenvalue weighted by atomic mass is 10.1. The lowest BCUT2D eigenvalue weighted by Gasteiger charge is -2.12. The molecule has 0 aliphatic heterocycles. The Kier molecular flexibility index (Phi) is 4.80. The Bertz CT molecular complexity index is 880. The number of aryl methyl sites for hydroxylation is 3. The van der Waals surface area contributed by atoms with E-state index in [2.05, 4.69) is 25.5 Å². The van der Waals surface area contributed by atoms with Crippen LogP contribution in [0.2, 0.25) is 0 Å². The number of aromatic nitrogens is 4. The van der Waals surface area contributed by atoms with Crippen LogP contribution < -0.4 is 11.1 Å². The van der Waals surface area contributed by atoms with Gasteiger partial charge in [-0.15, -0.1) is 0 Å². The van der Waals surface area contributed by atoms with Crippen LogP contribution in [-0.4, -0.2) is 32.6 Å². The molecule has 25 heavy (non-hydrogen) atoms. The molecule has 1 aromatic carbocycles. The van der Waals surface area contributed by atoms with Crippen LogP contribution in [0.3, 0.4) is 0 Å². The number of halogens is 1. The molecule has 0 saturated heterocycles. The molecule has 0 aliphatic carbocycles. The quantitative estimate of drug-likeness (QED) is 0.511. The third-order valence-electron chi connectivity index (χ3n) is 4.16. The molecular formula is C17H21FN6O. The van der Waals surface area contributed by atoms with Gasteiger partial charge in [0.25, 0.3) is 0 Å². The van der Waals surface area contributed by atoms with Crippen LogP contribution >= 0.6 is 0 Å². The summed E-state index contributed by atoms with van der Waals surface area (Å²) in [6, 6.07) is 3.70. The van der Waals surface area contributed by atoms with Crippen molar-refractivity contribution < 1.29 is 9.18 Å². The fourth-order valence-corrected chi connectivity index (χ4v) is 2.88. The fourth-order valence-electron chi connectivity index (χ4n) is 2.88. The summed E-state index contributed by atoms with van der Waals surface area (Å²) in [7, 11) is 0. The number of H-pyrrole nitrogens is 2. The first-order valence-electron chi connectivity index (χ1n) is 8.14. The Morgan fingerprint density at radius 3 is 2.92 bits per heavy atom. The summed E-state index contributed by atoms with van der Waals surface area (Å²) < 4.78 is 13.2. The highest BCUT2D eigenvalue weighted by Gasteiger charge is 2.21. The largest absolute Gasteiger partial charge is 0.354 e.